The van der Waals surface area contributed by atoms with Crippen LogP contribution in [0.3, 0.4) is 0 Å². The second-order valence-electron chi connectivity index (χ2n) is 12.3. The fraction of sp³-hybridized carbons (Fsp3) is 0.222. The number of nitrogens with zero attached hydrogens (tertiary/aromatic N) is 1. The van der Waals surface area contributed by atoms with E-state index < -0.39 is 5.97 Å². The van der Waals surface area contributed by atoms with Gasteiger partial charge in [0.25, 0.3) is 5.91 Å². The van der Waals surface area contributed by atoms with Crippen LogP contribution < -0.4 is 5.32 Å². The molecule has 6 heteroatoms. The molecule has 5 aromatic rings. The van der Waals surface area contributed by atoms with E-state index in [9.17, 15) is 19.1 Å². The number of aromatic nitrogens is 1. The normalized spacial score (nSPS) is 20.5. The predicted octanol–water partition coefficient (Wildman–Crippen LogP) is 7.54. The largest absolute Gasteiger partial charge is 0.481 e. The lowest BCUT2D eigenvalue weighted by Gasteiger charge is -2.70. The molecule has 3 aliphatic rings. The molecule has 3 fully saturated rings. The molecule has 4 aromatic carbocycles. The van der Waals surface area contributed by atoms with Gasteiger partial charge in [0.2, 0.25) is 0 Å². The maximum atomic E-state index is 13.8. The number of nitrogens with one attached hydrogen (secondary N) is 1. The molecule has 0 unspecified atom stereocenters. The number of fused-ring (bicyclic) bond motifs is 1. The van der Waals surface area contributed by atoms with Gasteiger partial charge in [-0.15, -0.1) is 0 Å². The maximum Gasteiger partial charge on any atom is 0.303 e. The lowest BCUT2D eigenvalue weighted by Crippen LogP contribution is -2.66. The van der Waals surface area contributed by atoms with Gasteiger partial charge in [-0.3, -0.25) is 9.59 Å². The average Bonchev–Trinajstić information content (AvgIpc) is 3.36. The quantitative estimate of drug-likeness (QED) is 0.196. The van der Waals surface area contributed by atoms with Gasteiger partial charge < -0.3 is 15.0 Å². The van der Waals surface area contributed by atoms with Gasteiger partial charge >= 0.3 is 5.97 Å². The first-order chi connectivity index (χ1) is 20.3. The highest BCUT2D eigenvalue weighted by Crippen LogP contribution is 2.74. The molecule has 8 rings (SSSR count). The average molecular weight is 559 g/mol. The number of hydrogen-bond acceptors (Lipinski definition) is 2. The number of halogens is 1. The molecule has 3 saturated carbocycles. The van der Waals surface area contributed by atoms with Gasteiger partial charge in [-0.05, 0) is 88.2 Å². The Bertz CT molecular complexity index is 1790. The van der Waals surface area contributed by atoms with Crippen LogP contribution in [0.15, 0.2) is 103 Å². The zero-order chi connectivity index (χ0) is 28.9. The monoisotopic (exact) mass is 558 g/mol. The van der Waals surface area contributed by atoms with E-state index in [2.05, 4.69) is 46.3 Å². The minimum absolute atomic E-state index is 0.0152. The molecular formula is C36H31FN2O3. The molecule has 0 aliphatic heterocycles. The van der Waals surface area contributed by atoms with Crippen LogP contribution in [-0.2, 0) is 11.3 Å². The number of carboxylic acid groups (broad SMARTS) is 1. The highest BCUT2D eigenvalue weighted by atomic mass is 19.1. The van der Waals surface area contributed by atoms with Crippen molar-refractivity contribution in [2.45, 2.75) is 32.2 Å². The summed E-state index contributed by atoms with van der Waals surface area (Å²) in [7, 11) is 0. The number of carboxylic acids is 1. The van der Waals surface area contributed by atoms with Crippen LogP contribution >= 0.6 is 0 Å². The number of amides is 1. The van der Waals surface area contributed by atoms with Crippen molar-refractivity contribution in [2.24, 2.45) is 10.8 Å². The van der Waals surface area contributed by atoms with Crippen LogP contribution in [0.4, 0.5) is 4.39 Å². The molecular weight excluding hydrogens is 527 g/mol. The Balaban J connectivity index is 1.18. The molecule has 0 spiro atoms. The molecule has 0 radical (unpaired) electrons. The Labute approximate surface area is 243 Å². The molecule has 5 nitrogen and oxygen atoms in total. The molecule has 1 heterocycles. The van der Waals surface area contributed by atoms with Gasteiger partial charge in [0, 0.05) is 24.7 Å². The van der Waals surface area contributed by atoms with Gasteiger partial charge in [-0.25, -0.2) is 4.39 Å². The Morgan fingerprint density at radius 3 is 2.12 bits per heavy atom. The zero-order valence-corrected chi connectivity index (χ0v) is 23.1. The number of aliphatic carboxylic acids is 1. The number of benzene rings is 4. The Morgan fingerprint density at radius 2 is 1.43 bits per heavy atom. The van der Waals surface area contributed by atoms with Gasteiger partial charge in [0.15, 0.2) is 0 Å². The maximum absolute atomic E-state index is 13.8. The smallest absolute Gasteiger partial charge is 0.303 e. The van der Waals surface area contributed by atoms with Crippen molar-refractivity contribution in [1.82, 2.24) is 9.88 Å². The van der Waals surface area contributed by atoms with E-state index in [-0.39, 0.29) is 29.0 Å². The molecule has 1 amide bonds. The summed E-state index contributed by atoms with van der Waals surface area (Å²) in [5.41, 5.74) is 6.50. The summed E-state index contributed by atoms with van der Waals surface area (Å²) in [6, 6.07) is 31.0. The zero-order valence-electron chi connectivity index (χ0n) is 23.1. The van der Waals surface area contributed by atoms with Crippen LogP contribution in [0.1, 0.15) is 41.6 Å². The van der Waals surface area contributed by atoms with E-state index in [1.165, 1.54) is 17.7 Å². The predicted molar refractivity (Wildman–Crippen MR) is 162 cm³/mol. The number of carbonyl (C=O) groups is 2. The van der Waals surface area contributed by atoms with E-state index in [1.54, 1.807) is 12.1 Å². The van der Waals surface area contributed by atoms with Gasteiger partial charge in [0.05, 0.1) is 17.5 Å². The fourth-order valence-electron chi connectivity index (χ4n) is 7.38. The topological polar surface area (TPSA) is 71.3 Å². The Hall–Kier alpha value is -4.71. The molecule has 2 bridgehead atoms. The summed E-state index contributed by atoms with van der Waals surface area (Å²) in [4.78, 5) is 25.0. The summed E-state index contributed by atoms with van der Waals surface area (Å²) in [5, 5.41) is 13.3. The summed E-state index contributed by atoms with van der Waals surface area (Å²) < 4.78 is 15.8. The van der Waals surface area contributed by atoms with Crippen LogP contribution in [0.2, 0.25) is 0 Å². The second kappa shape index (κ2) is 9.98. The first-order valence-electron chi connectivity index (χ1n) is 14.3. The van der Waals surface area contributed by atoms with Gasteiger partial charge in [-0.1, -0.05) is 66.7 Å². The van der Waals surface area contributed by atoms with Crippen molar-refractivity contribution in [3.63, 3.8) is 0 Å². The Morgan fingerprint density at radius 1 is 0.786 bits per heavy atom. The summed E-state index contributed by atoms with van der Waals surface area (Å²) >= 11 is 0. The van der Waals surface area contributed by atoms with Crippen molar-refractivity contribution in [2.75, 3.05) is 6.54 Å². The third-order valence-electron chi connectivity index (χ3n) is 9.10. The molecule has 1 aromatic heterocycles. The molecule has 0 saturated heterocycles. The number of carbonyl (C=O) groups excluding carboxylic acids is 1. The van der Waals surface area contributed by atoms with Crippen molar-refractivity contribution in [1.29, 1.82) is 0 Å². The highest BCUT2D eigenvalue weighted by molar-refractivity contribution is 6.08. The summed E-state index contributed by atoms with van der Waals surface area (Å²) in [5.74, 6) is -1.20. The fourth-order valence-corrected chi connectivity index (χ4v) is 7.38. The second-order valence-corrected chi connectivity index (χ2v) is 12.3. The minimum Gasteiger partial charge on any atom is -0.481 e. The van der Waals surface area contributed by atoms with E-state index in [0.717, 1.165) is 52.4 Å². The molecule has 3 aliphatic carbocycles. The van der Waals surface area contributed by atoms with Crippen LogP contribution in [0.25, 0.3) is 33.2 Å². The van der Waals surface area contributed by atoms with Crippen molar-refractivity contribution < 1.29 is 19.1 Å². The minimum atomic E-state index is -0.747. The lowest BCUT2D eigenvalue weighted by molar-refractivity contribution is -0.208. The molecule has 2 N–H and O–H groups in total. The number of rotatable bonds is 9. The molecule has 210 valence electrons. The standard InChI is InChI=1S/C36H31FN2O3/c37-30-12-10-27(11-13-30)29-16-28-14-15-39(19-24-6-8-26(9-7-24)25-4-2-1-3-5-25)33(28)31(17-29)34(42)38-23-36-20-35(21-36,22-36)18-32(40)41/h1-17H,18-23H2,(H,38,42)(H,40,41). The van der Waals surface area contributed by atoms with E-state index in [0.29, 0.717) is 18.7 Å². The van der Waals surface area contributed by atoms with Crippen molar-refractivity contribution >= 4 is 22.8 Å². The first-order valence-corrected chi connectivity index (χ1v) is 14.3. The summed E-state index contributed by atoms with van der Waals surface area (Å²) in [6.07, 6.45) is 4.79. The van der Waals surface area contributed by atoms with E-state index in [4.69, 9.17) is 0 Å². The molecule has 42 heavy (non-hydrogen) atoms. The summed E-state index contributed by atoms with van der Waals surface area (Å²) in [6.45, 7) is 1.15. The van der Waals surface area contributed by atoms with Crippen LogP contribution in [-0.4, -0.2) is 28.1 Å². The van der Waals surface area contributed by atoms with E-state index in [1.807, 2.05) is 42.6 Å². The van der Waals surface area contributed by atoms with Crippen molar-refractivity contribution in [3.8, 4) is 22.3 Å². The van der Waals surface area contributed by atoms with Crippen LogP contribution in [0, 0.1) is 16.6 Å². The first kappa shape index (κ1) is 26.2. The van der Waals surface area contributed by atoms with Gasteiger partial charge in [-0.2, -0.15) is 0 Å². The SMILES string of the molecule is O=C(O)CC12CC(CNC(=O)c3cc(-c4ccc(F)cc4)cc4ccn(Cc5ccc(-c6ccccc6)cc5)c34)(C1)C2. The van der Waals surface area contributed by atoms with Crippen LogP contribution in [0.5, 0.6) is 0 Å². The highest BCUT2D eigenvalue weighted by Gasteiger charge is 2.67. The molecule has 0 atom stereocenters. The number of hydrogen-bond donors (Lipinski definition) is 2. The lowest BCUT2D eigenvalue weighted by atomic mass is 9.34. The van der Waals surface area contributed by atoms with Crippen molar-refractivity contribution in [3.05, 3.63) is 120 Å². The third-order valence-corrected chi connectivity index (χ3v) is 9.10. The van der Waals surface area contributed by atoms with E-state index >= 15 is 0 Å². The third kappa shape index (κ3) is 4.77. The van der Waals surface area contributed by atoms with Gasteiger partial charge in [0.1, 0.15) is 5.82 Å². The Kier molecular flexibility index (Phi) is 6.23.